The average molecular weight is 406 g/mol. The predicted octanol–water partition coefficient (Wildman–Crippen LogP) is 4.41. The maximum Gasteiger partial charge on any atom is 0.159 e. The van der Waals surface area contributed by atoms with Crippen LogP contribution < -0.4 is 0 Å². The van der Waals surface area contributed by atoms with Gasteiger partial charge in [0.25, 0.3) is 0 Å². The zero-order chi connectivity index (χ0) is 21.0. The molecule has 5 heteroatoms. The van der Waals surface area contributed by atoms with Gasteiger partial charge in [-0.1, -0.05) is 35.9 Å². The lowest BCUT2D eigenvalue weighted by atomic mass is 9.75. The molecule has 0 saturated carbocycles. The second kappa shape index (κ2) is 9.02. The molecule has 0 bridgehead atoms. The number of nitrogens with zero attached hydrogens (tertiary/aromatic N) is 3. The van der Waals surface area contributed by atoms with Crippen LogP contribution in [0.5, 0.6) is 0 Å². The first-order chi connectivity index (χ1) is 14.5. The smallest absolute Gasteiger partial charge is 0.159 e. The number of benzene rings is 2. The molecule has 1 fully saturated rings. The molecule has 0 amide bonds. The van der Waals surface area contributed by atoms with Crippen molar-refractivity contribution in [3.05, 3.63) is 83.4 Å². The lowest BCUT2D eigenvalue weighted by Gasteiger charge is -2.42. The van der Waals surface area contributed by atoms with Crippen LogP contribution in [-0.2, 0) is 13.0 Å². The minimum atomic E-state index is -0.226. The number of aryl methyl sites for hydroxylation is 1. The molecule has 1 atom stereocenters. The summed E-state index contributed by atoms with van der Waals surface area (Å²) in [5, 5.41) is 10.2. The fraction of sp³-hybridized carbons (Fsp3) is 0.360. The Morgan fingerprint density at radius 1 is 1.07 bits per heavy atom. The van der Waals surface area contributed by atoms with Gasteiger partial charge in [0.2, 0.25) is 0 Å². The highest BCUT2D eigenvalue weighted by molar-refractivity contribution is 5.55. The third kappa shape index (κ3) is 4.91. The van der Waals surface area contributed by atoms with Gasteiger partial charge >= 0.3 is 0 Å². The Morgan fingerprint density at radius 3 is 2.53 bits per heavy atom. The molecule has 2 heterocycles. The standard InChI is InChI=1S/C25H28FN3O/c1-19-4-2-5-22(12-19)24-27-14-21(15-28-24)16-29-11-3-10-25(17-29,18-30)13-20-6-8-23(26)9-7-20/h2,4-9,12,14-15,30H,3,10-11,13,16-18H2,1H3. The summed E-state index contributed by atoms with van der Waals surface area (Å²) in [6.07, 6.45) is 6.56. The number of rotatable bonds is 6. The fourth-order valence-corrected chi connectivity index (χ4v) is 4.44. The molecular weight excluding hydrogens is 377 g/mol. The van der Waals surface area contributed by atoms with Gasteiger partial charge in [0, 0.05) is 42.0 Å². The molecule has 30 heavy (non-hydrogen) atoms. The first-order valence-electron chi connectivity index (χ1n) is 10.5. The van der Waals surface area contributed by atoms with Crippen molar-refractivity contribution >= 4 is 0 Å². The summed E-state index contributed by atoms with van der Waals surface area (Å²) in [6, 6.07) is 14.8. The molecule has 156 valence electrons. The molecule has 1 N–H and O–H groups in total. The van der Waals surface area contributed by atoms with Crippen LogP contribution in [0.15, 0.2) is 60.9 Å². The van der Waals surface area contributed by atoms with Crippen molar-refractivity contribution in [3.8, 4) is 11.4 Å². The number of halogens is 1. The van der Waals surface area contributed by atoms with Crippen molar-refractivity contribution < 1.29 is 9.50 Å². The molecule has 4 nitrogen and oxygen atoms in total. The molecule has 4 rings (SSSR count). The van der Waals surface area contributed by atoms with E-state index in [0.29, 0.717) is 0 Å². The minimum Gasteiger partial charge on any atom is -0.396 e. The molecule has 1 aliphatic heterocycles. The molecule has 1 saturated heterocycles. The van der Waals surface area contributed by atoms with Crippen molar-refractivity contribution in [2.75, 3.05) is 19.7 Å². The van der Waals surface area contributed by atoms with E-state index in [1.165, 1.54) is 17.7 Å². The van der Waals surface area contributed by atoms with E-state index in [9.17, 15) is 9.50 Å². The van der Waals surface area contributed by atoms with Gasteiger partial charge in [-0.15, -0.1) is 0 Å². The highest BCUT2D eigenvalue weighted by Gasteiger charge is 2.35. The first-order valence-corrected chi connectivity index (χ1v) is 10.5. The predicted molar refractivity (Wildman–Crippen MR) is 116 cm³/mol. The van der Waals surface area contributed by atoms with Crippen LogP contribution >= 0.6 is 0 Å². The van der Waals surface area contributed by atoms with Crippen molar-refractivity contribution in [1.82, 2.24) is 14.9 Å². The molecule has 3 aromatic rings. The third-order valence-electron chi connectivity index (χ3n) is 5.96. The van der Waals surface area contributed by atoms with Crippen LogP contribution in [-0.4, -0.2) is 39.7 Å². The van der Waals surface area contributed by atoms with Crippen LogP contribution in [0.2, 0.25) is 0 Å². The van der Waals surface area contributed by atoms with E-state index in [1.54, 1.807) is 0 Å². The van der Waals surface area contributed by atoms with Gasteiger partial charge in [-0.2, -0.15) is 0 Å². The summed E-state index contributed by atoms with van der Waals surface area (Å²) in [6.45, 7) is 4.75. The van der Waals surface area contributed by atoms with Crippen LogP contribution in [0, 0.1) is 18.2 Å². The van der Waals surface area contributed by atoms with Crippen molar-refractivity contribution in [2.24, 2.45) is 5.41 Å². The Balaban J connectivity index is 1.43. The largest absolute Gasteiger partial charge is 0.396 e. The van der Waals surface area contributed by atoms with Gasteiger partial charge in [0.15, 0.2) is 5.82 Å². The number of hydrogen-bond acceptors (Lipinski definition) is 4. The molecule has 0 aliphatic carbocycles. The summed E-state index contributed by atoms with van der Waals surface area (Å²) >= 11 is 0. The van der Waals surface area contributed by atoms with Gasteiger partial charge in [0.05, 0.1) is 6.61 Å². The van der Waals surface area contributed by atoms with E-state index in [0.717, 1.165) is 61.4 Å². The molecule has 2 aromatic carbocycles. The van der Waals surface area contributed by atoms with Crippen LogP contribution in [0.4, 0.5) is 4.39 Å². The van der Waals surface area contributed by atoms with Crippen molar-refractivity contribution in [1.29, 1.82) is 0 Å². The highest BCUT2D eigenvalue weighted by atomic mass is 19.1. The lowest BCUT2D eigenvalue weighted by molar-refractivity contribution is 0.0287. The monoisotopic (exact) mass is 405 g/mol. The minimum absolute atomic E-state index is 0.129. The van der Waals surface area contributed by atoms with E-state index in [4.69, 9.17) is 0 Å². The third-order valence-corrected chi connectivity index (χ3v) is 5.96. The summed E-state index contributed by atoms with van der Waals surface area (Å²) in [7, 11) is 0. The molecular formula is C25H28FN3O. The average Bonchev–Trinajstić information content (AvgIpc) is 2.76. The number of hydrogen-bond donors (Lipinski definition) is 1. The maximum absolute atomic E-state index is 13.2. The number of likely N-dealkylation sites (tertiary alicyclic amines) is 1. The van der Waals surface area contributed by atoms with Crippen LogP contribution in [0.1, 0.15) is 29.5 Å². The number of piperidine rings is 1. The van der Waals surface area contributed by atoms with E-state index in [2.05, 4.69) is 33.9 Å². The van der Waals surface area contributed by atoms with Gasteiger partial charge < -0.3 is 5.11 Å². The second-order valence-corrected chi connectivity index (χ2v) is 8.56. The zero-order valence-corrected chi connectivity index (χ0v) is 17.4. The summed E-state index contributed by atoms with van der Waals surface area (Å²) in [5.41, 5.74) is 4.16. The van der Waals surface area contributed by atoms with E-state index in [-0.39, 0.29) is 17.8 Å². The SMILES string of the molecule is Cc1cccc(-c2ncc(CN3CCCC(CO)(Cc4ccc(F)cc4)C3)cn2)c1. The van der Waals surface area contributed by atoms with Gasteiger partial charge in [-0.25, -0.2) is 14.4 Å². The van der Waals surface area contributed by atoms with Gasteiger partial charge in [-0.05, 0) is 56.5 Å². The summed E-state index contributed by atoms with van der Waals surface area (Å²) in [5.74, 6) is 0.512. The maximum atomic E-state index is 13.2. The highest BCUT2D eigenvalue weighted by Crippen LogP contribution is 2.34. The lowest BCUT2D eigenvalue weighted by Crippen LogP contribution is -2.46. The first kappa shape index (κ1) is 20.6. The fourth-order valence-electron chi connectivity index (χ4n) is 4.44. The molecule has 1 unspecified atom stereocenters. The van der Waals surface area contributed by atoms with Crippen molar-refractivity contribution in [2.45, 2.75) is 32.7 Å². The Labute approximate surface area is 177 Å². The number of aromatic nitrogens is 2. The normalized spacial score (nSPS) is 19.7. The van der Waals surface area contributed by atoms with Gasteiger partial charge in [0.1, 0.15) is 5.82 Å². The number of aliphatic hydroxyl groups excluding tert-OH is 1. The summed E-state index contributed by atoms with van der Waals surface area (Å²) < 4.78 is 13.2. The molecule has 0 spiro atoms. The number of aliphatic hydroxyl groups is 1. The Kier molecular flexibility index (Phi) is 6.21. The van der Waals surface area contributed by atoms with E-state index < -0.39 is 0 Å². The van der Waals surface area contributed by atoms with Crippen LogP contribution in [0.25, 0.3) is 11.4 Å². The van der Waals surface area contributed by atoms with E-state index in [1.807, 2.05) is 36.7 Å². The van der Waals surface area contributed by atoms with Gasteiger partial charge in [-0.3, -0.25) is 4.90 Å². The van der Waals surface area contributed by atoms with Crippen LogP contribution in [0.3, 0.4) is 0 Å². The Hall–Kier alpha value is -2.63. The summed E-state index contributed by atoms with van der Waals surface area (Å²) in [4.78, 5) is 11.5. The molecule has 0 radical (unpaired) electrons. The molecule has 1 aromatic heterocycles. The Morgan fingerprint density at radius 2 is 1.83 bits per heavy atom. The Bertz CT molecular complexity index is 974. The second-order valence-electron chi connectivity index (χ2n) is 8.56. The van der Waals surface area contributed by atoms with Crippen molar-refractivity contribution in [3.63, 3.8) is 0 Å². The zero-order valence-electron chi connectivity index (χ0n) is 17.4. The topological polar surface area (TPSA) is 49.2 Å². The quantitative estimate of drug-likeness (QED) is 0.660. The molecule has 1 aliphatic rings. The van der Waals surface area contributed by atoms with E-state index >= 15 is 0 Å².